The molecule has 0 heterocycles. The van der Waals surface area contributed by atoms with Gasteiger partial charge in [0.2, 0.25) is 0 Å². The monoisotopic (exact) mass is 254 g/mol. The third-order valence-electron chi connectivity index (χ3n) is 3.00. The van der Waals surface area contributed by atoms with Crippen molar-refractivity contribution >= 4 is 5.78 Å². The minimum absolute atomic E-state index is 2.72. The smallest absolute Gasteiger partial charge is 0.289 e. The number of hydrogen-bond donors (Lipinski definition) is 0. The lowest BCUT2D eigenvalue weighted by molar-refractivity contribution is -0.202. The largest absolute Gasteiger partial charge is 0.348 e. The normalized spacial score (nSPS) is 47.4. The van der Waals surface area contributed by atoms with E-state index >= 15 is 0 Å². The molecule has 2 atom stereocenters. The van der Waals surface area contributed by atoms with Crippen LogP contribution in [0.5, 0.6) is 0 Å². The van der Waals surface area contributed by atoms with E-state index in [-0.39, 0.29) is 0 Å². The summed E-state index contributed by atoms with van der Waals surface area (Å²) in [6.07, 6.45) is -2.72. The van der Waals surface area contributed by atoms with Gasteiger partial charge in [-0.15, -0.1) is 0 Å². The van der Waals surface area contributed by atoms with Gasteiger partial charge in [-0.05, 0) is 0 Å². The van der Waals surface area contributed by atoms with Crippen molar-refractivity contribution in [3.05, 3.63) is 0 Å². The zero-order chi connectivity index (χ0) is 12.8. The molecule has 2 rings (SSSR count). The molecule has 0 spiro atoms. The molecule has 0 aromatic carbocycles. The molecule has 2 bridgehead atoms. The maximum absolute atomic E-state index is 13.2. The highest BCUT2D eigenvalue weighted by Crippen LogP contribution is 2.72. The van der Waals surface area contributed by atoms with Gasteiger partial charge in [-0.1, -0.05) is 0 Å². The van der Waals surface area contributed by atoms with Crippen molar-refractivity contribution in [2.75, 3.05) is 0 Å². The van der Waals surface area contributed by atoms with Crippen molar-refractivity contribution in [3.8, 4) is 0 Å². The molecular weight excluding hydrogens is 252 g/mol. The van der Waals surface area contributed by atoms with E-state index in [1.807, 2.05) is 0 Å². The first-order valence-electron chi connectivity index (χ1n) is 3.92. The second-order valence-electron chi connectivity index (χ2n) is 3.82. The van der Waals surface area contributed by atoms with Crippen molar-refractivity contribution in [1.82, 2.24) is 0 Å². The van der Waals surface area contributed by atoms with Crippen LogP contribution in [0.3, 0.4) is 0 Å². The van der Waals surface area contributed by atoms with E-state index in [1.54, 1.807) is 0 Å². The Balaban J connectivity index is 2.79. The highest BCUT2D eigenvalue weighted by molar-refractivity contribution is 6.02. The molecule has 2 unspecified atom stereocenters. The minimum Gasteiger partial charge on any atom is -0.289 e. The van der Waals surface area contributed by atoms with Gasteiger partial charge in [-0.2, -0.15) is 17.6 Å². The molecule has 0 aromatic heterocycles. The Morgan fingerprint density at radius 3 is 1.56 bits per heavy atom. The number of carbonyl (C=O) groups excluding carboxylic acids is 1. The lowest BCUT2D eigenvalue weighted by Gasteiger charge is -2.29. The average molecular weight is 254 g/mol. The number of hydrogen-bond acceptors (Lipinski definition) is 1. The summed E-state index contributed by atoms with van der Waals surface area (Å²) in [6.45, 7) is 0. The Kier molecular flexibility index (Phi) is 1.60. The molecule has 2 aliphatic rings. The van der Waals surface area contributed by atoms with E-state index in [0.29, 0.717) is 0 Å². The third-order valence-corrected chi connectivity index (χ3v) is 3.00. The van der Waals surface area contributed by atoms with Crippen LogP contribution in [0.25, 0.3) is 0 Å². The van der Waals surface area contributed by atoms with Crippen molar-refractivity contribution < 1.29 is 39.9 Å². The van der Waals surface area contributed by atoms with E-state index in [1.165, 1.54) is 0 Å². The zero-order valence-electron chi connectivity index (χ0n) is 7.14. The van der Waals surface area contributed by atoms with Crippen molar-refractivity contribution in [3.63, 3.8) is 0 Å². The molecule has 1 nitrogen and oxygen atoms in total. The fourth-order valence-electron chi connectivity index (χ4n) is 2.05. The third kappa shape index (κ3) is 0.682. The van der Waals surface area contributed by atoms with Crippen LogP contribution in [0.1, 0.15) is 6.42 Å². The summed E-state index contributed by atoms with van der Waals surface area (Å²) in [5, 5.41) is 0. The van der Waals surface area contributed by atoms with E-state index in [0.717, 1.165) is 0 Å². The molecule has 0 aromatic rings. The summed E-state index contributed by atoms with van der Waals surface area (Å²) in [5.74, 6) is -19.7. The van der Waals surface area contributed by atoms with Crippen molar-refractivity contribution in [2.45, 2.75) is 35.5 Å². The number of carbonyl (C=O) groups is 1. The van der Waals surface area contributed by atoms with Gasteiger partial charge in [0, 0.05) is 0 Å². The summed E-state index contributed by atoms with van der Waals surface area (Å²) >= 11 is 0. The maximum Gasteiger partial charge on any atom is 0.348 e. The Bertz CT molecular complexity index is 390. The number of halogens is 8. The lowest BCUT2D eigenvalue weighted by Crippen LogP contribution is -2.57. The quantitative estimate of drug-likeness (QED) is 0.606. The van der Waals surface area contributed by atoms with Crippen LogP contribution in [0.15, 0.2) is 0 Å². The second-order valence-corrected chi connectivity index (χ2v) is 3.82. The summed E-state index contributed by atoms with van der Waals surface area (Å²) in [4.78, 5) is 10.5. The Hall–Kier alpha value is -0.890. The standard InChI is InChI=1S/C7H2F8O/c8-3-1-4(9,10)5(11,7(3,14)15)2(16)6(3,12)13/h1H2. The van der Waals surface area contributed by atoms with Crippen LogP contribution in [0.4, 0.5) is 35.1 Å². The van der Waals surface area contributed by atoms with Crippen LogP contribution in [-0.4, -0.2) is 34.9 Å². The Morgan fingerprint density at radius 1 is 0.875 bits per heavy atom. The topological polar surface area (TPSA) is 17.1 Å². The van der Waals surface area contributed by atoms with Crippen LogP contribution in [0, 0.1) is 0 Å². The zero-order valence-corrected chi connectivity index (χ0v) is 7.14. The van der Waals surface area contributed by atoms with Gasteiger partial charge in [-0.25, -0.2) is 17.6 Å². The minimum atomic E-state index is -5.75. The first kappa shape index (κ1) is 11.6. The summed E-state index contributed by atoms with van der Waals surface area (Å²) in [7, 11) is 0. The van der Waals surface area contributed by atoms with Crippen LogP contribution in [0.2, 0.25) is 0 Å². The van der Waals surface area contributed by atoms with Gasteiger partial charge in [0.05, 0.1) is 6.42 Å². The SMILES string of the molecule is O=C1C(F)(F)C2(F)CC(F)(F)C1(F)C2(F)F. The number of ketones is 1. The molecule has 2 aliphatic carbocycles. The Labute approximate surface area is 82.4 Å². The highest BCUT2D eigenvalue weighted by atomic mass is 19.3. The van der Waals surface area contributed by atoms with Crippen molar-refractivity contribution in [1.29, 1.82) is 0 Å². The van der Waals surface area contributed by atoms with E-state index < -0.39 is 41.3 Å². The molecule has 16 heavy (non-hydrogen) atoms. The number of fused-ring (bicyclic) bond motifs is 2. The predicted octanol–water partition coefficient (Wildman–Crippen LogP) is 2.30. The van der Waals surface area contributed by atoms with Gasteiger partial charge in [0.15, 0.2) is 0 Å². The van der Waals surface area contributed by atoms with Gasteiger partial charge in [0.1, 0.15) is 0 Å². The maximum atomic E-state index is 13.2. The molecule has 0 radical (unpaired) electrons. The second kappa shape index (κ2) is 2.21. The fraction of sp³-hybridized carbons (Fsp3) is 0.857. The molecular formula is C7H2F8O. The summed E-state index contributed by atoms with van der Waals surface area (Å²) in [5.41, 5.74) is -10.6. The van der Waals surface area contributed by atoms with Gasteiger partial charge in [0.25, 0.3) is 17.4 Å². The highest BCUT2D eigenvalue weighted by Gasteiger charge is 3.02. The first-order valence-corrected chi connectivity index (χ1v) is 3.92. The van der Waals surface area contributed by atoms with E-state index in [2.05, 4.69) is 0 Å². The molecule has 2 fully saturated rings. The molecule has 9 heteroatoms. The van der Waals surface area contributed by atoms with Crippen LogP contribution >= 0.6 is 0 Å². The summed E-state index contributed by atoms with van der Waals surface area (Å²) < 4.78 is 103. The summed E-state index contributed by atoms with van der Waals surface area (Å²) in [6, 6.07) is 0. The lowest BCUT2D eigenvalue weighted by atomic mass is 9.89. The van der Waals surface area contributed by atoms with Crippen LogP contribution in [-0.2, 0) is 4.79 Å². The van der Waals surface area contributed by atoms with Gasteiger partial charge >= 0.3 is 17.5 Å². The van der Waals surface area contributed by atoms with Gasteiger partial charge in [-0.3, -0.25) is 4.79 Å². The number of Topliss-reactive ketones (excluding diaryl/α,β-unsaturated/α-hetero) is 1. The van der Waals surface area contributed by atoms with Gasteiger partial charge < -0.3 is 0 Å². The molecule has 92 valence electrons. The molecule has 0 N–H and O–H groups in total. The van der Waals surface area contributed by atoms with E-state index in [9.17, 15) is 39.9 Å². The van der Waals surface area contributed by atoms with Crippen molar-refractivity contribution in [2.24, 2.45) is 0 Å². The molecule has 0 amide bonds. The fourth-order valence-corrected chi connectivity index (χ4v) is 2.05. The van der Waals surface area contributed by atoms with E-state index in [4.69, 9.17) is 0 Å². The molecule has 2 saturated carbocycles. The molecule has 0 aliphatic heterocycles. The Morgan fingerprint density at radius 2 is 1.31 bits per heavy atom. The average Bonchev–Trinajstić information content (AvgIpc) is 2.25. The van der Waals surface area contributed by atoms with Crippen LogP contribution < -0.4 is 0 Å². The number of rotatable bonds is 0. The number of alkyl halides is 8. The first-order chi connectivity index (χ1) is 6.86. The molecule has 0 saturated heterocycles. The predicted molar refractivity (Wildman–Crippen MR) is 32.1 cm³/mol.